The van der Waals surface area contributed by atoms with Gasteiger partial charge in [-0.3, -0.25) is 0 Å². The number of pyridine rings is 1. The van der Waals surface area contributed by atoms with Gasteiger partial charge >= 0.3 is 0 Å². The second-order valence-electron chi connectivity index (χ2n) is 5.36. The van der Waals surface area contributed by atoms with Crippen LogP contribution in [-0.2, 0) is 16.4 Å². The molecule has 3 rings (SSSR count). The second kappa shape index (κ2) is 6.50. The van der Waals surface area contributed by atoms with Crippen molar-refractivity contribution in [2.75, 3.05) is 11.9 Å². The van der Waals surface area contributed by atoms with Crippen LogP contribution in [0.4, 0.5) is 5.82 Å². The molecule has 3 aromatic rings. The fraction of sp³-hybridized carbons (Fsp3) is 0.188. The highest BCUT2D eigenvalue weighted by Gasteiger charge is 2.08. The van der Waals surface area contributed by atoms with Crippen molar-refractivity contribution in [1.29, 1.82) is 0 Å². The molecule has 0 radical (unpaired) electrons. The van der Waals surface area contributed by atoms with Gasteiger partial charge in [0.15, 0.2) is 5.65 Å². The van der Waals surface area contributed by atoms with Gasteiger partial charge in [-0.1, -0.05) is 12.1 Å². The minimum absolute atomic E-state index is 0.114. The minimum Gasteiger partial charge on any atom is -0.369 e. The fourth-order valence-corrected chi connectivity index (χ4v) is 2.89. The normalized spacial score (nSPS) is 11.6. The van der Waals surface area contributed by atoms with Crippen molar-refractivity contribution in [3.05, 3.63) is 54.0 Å². The van der Waals surface area contributed by atoms with E-state index in [9.17, 15) is 8.42 Å². The summed E-state index contributed by atoms with van der Waals surface area (Å²) in [4.78, 5) is 13.1. The smallest absolute Gasteiger partial charge is 0.238 e. The fourth-order valence-electron chi connectivity index (χ4n) is 2.38. The SMILES string of the molecule is Cc1nc(NCCc2ccc(S(N)(=O)=O)cc2)c2cccnc2n1. The van der Waals surface area contributed by atoms with Crippen LogP contribution < -0.4 is 10.5 Å². The summed E-state index contributed by atoms with van der Waals surface area (Å²) in [6.45, 7) is 2.47. The summed E-state index contributed by atoms with van der Waals surface area (Å²) in [5.41, 5.74) is 1.66. The van der Waals surface area contributed by atoms with E-state index in [1.54, 1.807) is 18.3 Å². The molecule has 0 bridgehead atoms. The molecule has 0 spiro atoms. The number of aryl methyl sites for hydroxylation is 1. The van der Waals surface area contributed by atoms with Crippen LogP contribution in [-0.4, -0.2) is 29.9 Å². The predicted octanol–water partition coefficient (Wildman–Crippen LogP) is 1.64. The molecule has 0 saturated carbocycles. The molecule has 0 fully saturated rings. The molecule has 0 aliphatic rings. The Kier molecular flexibility index (Phi) is 4.41. The van der Waals surface area contributed by atoms with Gasteiger partial charge in [-0.25, -0.2) is 28.5 Å². The molecular formula is C16H17N5O2S. The molecule has 0 saturated heterocycles. The Labute approximate surface area is 140 Å². The van der Waals surface area contributed by atoms with Crippen LogP contribution in [0.5, 0.6) is 0 Å². The summed E-state index contributed by atoms with van der Waals surface area (Å²) < 4.78 is 22.5. The Morgan fingerprint density at radius 3 is 2.58 bits per heavy atom. The summed E-state index contributed by atoms with van der Waals surface area (Å²) in [5, 5.41) is 9.25. The molecule has 2 heterocycles. The van der Waals surface area contributed by atoms with E-state index in [1.807, 2.05) is 19.1 Å². The average Bonchev–Trinajstić information content (AvgIpc) is 2.54. The quantitative estimate of drug-likeness (QED) is 0.728. The first kappa shape index (κ1) is 16.3. The molecular weight excluding hydrogens is 326 g/mol. The Bertz CT molecular complexity index is 971. The molecule has 0 atom stereocenters. The zero-order chi connectivity index (χ0) is 17.2. The van der Waals surface area contributed by atoms with Crippen molar-refractivity contribution >= 4 is 26.9 Å². The third-order valence-electron chi connectivity index (χ3n) is 3.54. The van der Waals surface area contributed by atoms with Crippen LogP contribution in [0.15, 0.2) is 47.5 Å². The molecule has 1 aromatic carbocycles. The van der Waals surface area contributed by atoms with Gasteiger partial charge in [0.2, 0.25) is 10.0 Å². The highest BCUT2D eigenvalue weighted by Crippen LogP contribution is 2.18. The van der Waals surface area contributed by atoms with Gasteiger partial charge in [0.05, 0.1) is 10.3 Å². The number of nitrogens with one attached hydrogen (secondary N) is 1. The molecule has 0 aliphatic carbocycles. The molecule has 0 aliphatic heterocycles. The first-order valence-electron chi connectivity index (χ1n) is 7.38. The van der Waals surface area contributed by atoms with E-state index in [1.165, 1.54) is 12.1 Å². The van der Waals surface area contributed by atoms with E-state index in [-0.39, 0.29) is 4.90 Å². The minimum atomic E-state index is -3.65. The largest absolute Gasteiger partial charge is 0.369 e. The van der Waals surface area contributed by atoms with Crippen LogP contribution in [0.3, 0.4) is 0 Å². The third kappa shape index (κ3) is 3.66. The number of aromatic nitrogens is 3. The monoisotopic (exact) mass is 343 g/mol. The van der Waals surface area contributed by atoms with E-state index >= 15 is 0 Å². The van der Waals surface area contributed by atoms with Crippen molar-refractivity contribution < 1.29 is 8.42 Å². The first-order valence-corrected chi connectivity index (χ1v) is 8.93. The van der Waals surface area contributed by atoms with E-state index < -0.39 is 10.0 Å². The van der Waals surface area contributed by atoms with Crippen molar-refractivity contribution in [3.63, 3.8) is 0 Å². The maximum Gasteiger partial charge on any atom is 0.238 e. The van der Waals surface area contributed by atoms with Crippen molar-refractivity contribution in [1.82, 2.24) is 15.0 Å². The molecule has 7 nitrogen and oxygen atoms in total. The molecule has 2 aromatic heterocycles. The highest BCUT2D eigenvalue weighted by atomic mass is 32.2. The number of benzene rings is 1. The number of anilines is 1. The Morgan fingerprint density at radius 1 is 1.12 bits per heavy atom. The molecule has 8 heteroatoms. The van der Waals surface area contributed by atoms with Crippen LogP contribution in [0.1, 0.15) is 11.4 Å². The molecule has 0 unspecified atom stereocenters. The van der Waals surface area contributed by atoms with Crippen LogP contribution in [0.25, 0.3) is 11.0 Å². The number of hydrogen-bond acceptors (Lipinski definition) is 6. The van der Waals surface area contributed by atoms with E-state index in [2.05, 4.69) is 20.3 Å². The van der Waals surface area contributed by atoms with Crippen molar-refractivity contribution in [2.45, 2.75) is 18.2 Å². The predicted molar refractivity (Wildman–Crippen MR) is 92.1 cm³/mol. The number of sulfonamides is 1. The second-order valence-corrected chi connectivity index (χ2v) is 6.92. The summed E-state index contributed by atoms with van der Waals surface area (Å²) in [7, 11) is -3.65. The number of hydrogen-bond donors (Lipinski definition) is 2. The third-order valence-corrected chi connectivity index (χ3v) is 4.47. The lowest BCUT2D eigenvalue weighted by atomic mass is 10.1. The zero-order valence-electron chi connectivity index (χ0n) is 13.1. The van der Waals surface area contributed by atoms with Gasteiger partial charge in [-0.05, 0) is 43.2 Å². The summed E-state index contributed by atoms with van der Waals surface area (Å²) >= 11 is 0. The molecule has 24 heavy (non-hydrogen) atoms. The van der Waals surface area contributed by atoms with Gasteiger partial charge in [0.25, 0.3) is 0 Å². The van der Waals surface area contributed by atoms with Gasteiger partial charge in [0.1, 0.15) is 11.6 Å². The highest BCUT2D eigenvalue weighted by molar-refractivity contribution is 7.89. The lowest BCUT2D eigenvalue weighted by Gasteiger charge is -2.09. The van der Waals surface area contributed by atoms with Crippen LogP contribution in [0, 0.1) is 6.92 Å². The number of nitrogens with two attached hydrogens (primary N) is 1. The van der Waals surface area contributed by atoms with E-state index in [0.717, 1.165) is 23.2 Å². The summed E-state index contributed by atoms with van der Waals surface area (Å²) in [5.74, 6) is 1.40. The lowest BCUT2D eigenvalue weighted by molar-refractivity contribution is 0.598. The molecule has 3 N–H and O–H groups in total. The topological polar surface area (TPSA) is 111 Å². The number of fused-ring (bicyclic) bond motifs is 1. The van der Waals surface area contributed by atoms with Gasteiger partial charge in [-0.2, -0.15) is 0 Å². The number of rotatable bonds is 5. The van der Waals surface area contributed by atoms with Crippen LogP contribution in [0.2, 0.25) is 0 Å². The average molecular weight is 343 g/mol. The van der Waals surface area contributed by atoms with Gasteiger partial charge in [-0.15, -0.1) is 0 Å². The molecule has 124 valence electrons. The van der Waals surface area contributed by atoms with Gasteiger partial charge < -0.3 is 5.32 Å². The number of primary sulfonamides is 1. The Hall–Kier alpha value is -2.58. The lowest BCUT2D eigenvalue weighted by Crippen LogP contribution is -2.12. The van der Waals surface area contributed by atoms with E-state index in [4.69, 9.17) is 5.14 Å². The van der Waals surface area contributed by atoms with E-state index in [0.29, 0.717) is 18.0 Å². The standard InChI is InChI=1S/C16H17N5O2S/c1-11-20-15-14(3-2-9-18-15)16(21-11)19-10-8-12-4-6-13(7-5-12)24(17,22)23/h2-7,9H,8,10H2,1H3,(H2,17,22,23)(H,18,19,20,21). The maximum absolute atomic E-state index is 11.2. The Morgan fingerprint density at radius 2 is 1.88 bits per heavy atom. The van der Waals surface area contributed by atoms with Gasteiger partial charge in [0, 0.05) is 12.7 Å². The maximum atomic E-state index is 11.2. The van der Waals surface area contributed by atoms with Crippen molar-refractivity contribution in [3.8, 4) is 0 Å². The summed E-state index contributed by atoms with van der Waals surface area (Å²) in [6, 6.07) is 10.3. The van der Waals surface area contributed by atoms with Crippen LogP contribution >= 0.6 is 0 Å². The van der Waals surface area contributed by atoms with Crippen molar-refractivity contribution in [2.24, 2.45) is 5.14 Å². The summed E-state index contributed by atoms with van der Waals surface area (Å²) in [6.07, 6.45) is 2.42. The Balaban J connectivity index is 1.71. The first-order chi connectivity index (χ1) is 11.4. The zero-order valence-corrected chi connectivity index (χ0v) is 13.9. The molecule has 0 amide bonds. The number of nitrogens with zero attached hydrogens (tertiary/aromatic N) is 3.